The number of anilines is 1. The Morgan fingerprint density at radius 3 is 2.67 bits per heavy atom. The summed E-state index contributed by atoms with van der Waals surface area (Å²) in [5.41, 5.74) is 0. The maximum Gasteiger partial charge on any atom is 0.225 e. The number of amides is 1. The van der Waals surface area contributed by atoms with Gasteiger partial charge in [-0.05, 0) is 44.2 Å². The number of carbonyl (C=O) groups is 1. The quantitative estimate of drug-likeness (QED) is 0.887. The van der Waals surface area contributed by atoms with E-state index >= 15 is 0 Å². The van der Waals surface area contributed by atoms with Crippen molar-refractivity contribution in [1.29, 1.82) is 0 Å². The van der Waals surface area contributed by atoms with Gasteiger partial charge in [0.1, 0.15) is 0 Å². The van der Waals surface area contributed by atoms with Crippen LogP contribution in [0.1, 0.15) is 32.6 Å². The Balaban J connectivity index is 1.36. The summed E-state index contributed by atoms with van der Waals surface area (Å²) < 4.78 is 0. The summed E-state index contributed by atoms with van der Waals surface area (Å²) in [6.07, 6.45) is 7.92. The third-order valence-electron chi connectivity index (χ3n) is 5.17. The molecular weight excluding hydrogens is 302 g/mol. The highest BCUT2D eigenvalue weighted by Gasteiger charge is 2.26. The number of likely N-dealkylation sites (tertiary alicyclic amines) is 1. The number of rotatable bonds is 5. The molecule has 1 amide bonds. The normalized spacial score (nSPS) is 23.2. The van der Waals surface area contributed by atoms with Gasteiger partial charge < -0.3 is 15.1 Å². The van der Waals surface area contributed by atoms with E-state index in [1.807, 2.05) is 6.07 Å². The van der Waals surface area contributed by atoms with Crippen molar-refractivity contribution >= 4 is 11.9 Å². The highest BCUT2D eigenvalue weighted by molar-refractivity contribution is 5.78. The molecule has 2 aliphatic heterocycles. The van der Waals surface area contributed by atoms with Gasteiger partial charge in [-0.2, -0.15) is 0 Å². The van der Waals surface area contributed by atoms with E-state index in [1.54, 1.807) is 12.4 Å². The summed E-state index contributed by atoms with van der Waals surface area (Å²) in [7, 11) is 0. The number of aromatic nitrogens is 2. The molecule has 2 saturated heterocycles. The maximum absolute atomic E-state index is 12.4. The summed E-state index contributed by atoms with van der Waals surface area (Å²) in [6.45, 7) is 8.12. The molecule has 1 aromatic rings. The first-order valence-electron chi connectivity index (χ1n) is 9.24. The van der Waals surface area contributed by atoms with Crippen molar-refractivity contribution < 1.29 is 4.79 Å². The third-order valence-corrected chi connectivity index (χ3v) is 5.17. The van der Waals surface area contributed by atoms with Crippen LogP contribution in [0.15, 0.2) is 18.5 Å². The molecule has 1 atom stereocenters. The van der Waals surface area contributed by atoms with Crippen molar-refractivity contribution in [2.24, 2.45) is 11.8 Å². The van der Waals surface area contributed by atoms with Gasteiger partial charge in [-0.3, -0.25) is 4.79 Å². The number of nitrogens with one attached hydrogen (secondary N) is 1. The molecule has 0 aliphatic carbocycles. The topological polar surface area (TPSA) is 61.4 Å². The van der Waals surface area contributed by atoms with E-state index in [0.29, 0.717) is 0 Å². The first kappa shape index (κ1) is 17.1. The maximum atomic E-state index is 12.4. The molecule has 0 aromatic carbocycles. The van der Waals surface area contributed by atoms with Crippen LogP contribution in [-0.2, 0) is 4.79 Å². The second kappa shape index (κ2) is 8.42. The monoisotopic (exact) mass is 331 g/mol. The minimum absolute atomic E-state index is 0.130. The lowest BCUT2D eigenvalue weighted by Gasteiger charge is -2.32. The second-order valence-corrected chi connectivity index (χ2v) is 7.15. The molecule has 6 heteroatoms. The van der Waals surface area contributed by atoms with Crippen molar-refractivity contribution in [1.82, 2.24) is 20.2 Å². The molecule has 1 N–H and O–H groups in total. The number of carbonyl (C=O) groups excluding carboxylic acids is 1. The molecule has 0 unspecified atom stereocenters. The predicted octanol–water partition coefficient (Wildman–Crippen LogP) is 1.54. The van der Waals surface area contributed by atoms with Gasteiger partial charge in [-0.25, -0.2) is 9.97 Å². The lowest BCUT2D eigenvalue weighted by Crippen LogP contribution is -2.44. The smallest absolute Gasteiger partial charge is 0.225 e. The minimum Gasteiger partial charge on any atom is -0.355 e. The van der Waals surface area contributed by atoms with Crippen molar-refractivity contribution in [2.75, 3.05) is 44.2 Å². The zero-order chi connectivity index (χ0) is 16.8. The van der Waals surface area contributed by atoms with E-state index in [2.05, 4.69) is 32.0 Å². The van der Waals surface area contributed by atoms with Gasteiger partial charge in [-0.1, -0.05) is 6.92 Å². The lowest BCUT2D eigenvalue weighted by molar-refractivity contribution is -0.125. The van der Waals surface area contributed by atoms with Gasteiger partial charge in [0, 0.05) is 51.0 Å². The summed E-state index contributed by atoms with van der Waals surface area (Å²) in [5, 5.41) is 3.14. The fourth-order valence-electron chi connectivity index (χ4n) is 3.77. The molecule has 24 heavy (non-hydrogen) atoms. The summed E-state index contributed by atoms with van der Waals surface area (Å²) in [4.78, 5) is 25.6. The average molecular weight is 331 g/mol. The molecular formula is C18H29N5O. The van der Waals surface area contributed by atoms with Crippen molar-refractivity contribution in [3.8, 4) is 0 Å². The standard InChI is InChI=1S/C18H29N5O/c1-15-4-2-10-22(14-15)13-9-19-17(24)16-5-11-23(12-6-16)18-20-7-3-8-21-18/h3,7-8,15-16H,2,4-6,9-14H2,1H3,(H,19,24)/t15-/m0/s1. The summed E-state index contributed by atoms with van der Waals surface area (Å²) >= 11 is 0. The molecule has 132 valence electrons. The van der Waals surface area contributed by atoms with Crippen LogP contribution < -0.4 is 10.2 Å². The third kappa shape index (κ3) is 4.66. The number of hydrogen-bond acceptors (Lipinski definition) is 5. The van der Waals surface area contributed by atoms with Gasteiger partial charge in [-0.15, -0.1) is 0 Å². The molecule has 2 aliphatic rings. The van der Waals surface area contributed by atoms with E-state index in [0.717, 1.165) is 50.9 Å². The van der Waals surface area contributed by atoms with Crippen LogP contribution in [-0.4, -0.2) is 60.0 Å². The molecule has 1 aromatic heterocycles. The Morgan fingerprint density at radius 2 is 1.96 bits per heavy atom. The van der Waals surface area contributed by atoms with E-state index < -0.39 is 0 Å². The van der Waals surface area contributed by atoms with E-state index in [-0.39, 0.29) is 11.8 Å². The van der Waals surface area contributed by atoms with Gasteiger partial charge in [0.2, 0.25) is 11.9 Å². The molecule has 0 radical (unpaired) electrons. The van der Waals surface area contributed by atoms with Crippen molar-refractivity contribution in [3.05, 3.63) is 18.5 Å². The van der Waals surface area contributed by atoms with E-state index in [9.17, 15) is 4.79 Å². The van der Waals surface area contributed by atoms with Crippen LogP contribution >= 0.6 is 0 Å². The van der Waals surface area contributed by atoms with Crippen LogP contribution in [0.2, 0.25) is 0 Å². The molecule has 0 bridgehead atoms. The Bertz CT molecular complexity index is 515. The Hall–Kier alpha value is -1.69. The Kier molecular flexibility index (Phi) is 6.01. The minimum atomic E-state index is 0.130. The lowest BCUT2D eigenvalue weighted by atomic mass is 9.96. The van der Waals surface area contributed by atoms with Crippen molar-refractivity contribution in [2.45, 2.75) is 32.6 Å². The van der Waals surface area contributed by atoms with E-state index in [1.165, 1.54) is 25.9 Å². The van der Waals surface area contributed by atoms with Gasteiger partial charge in [0.05, 0.1) is 0 Å². The SMILES string of the molecule is C[C@H]1CCCN(CCNC(=O)C2CCN(c3ncccn3)CC2)C1. The van der Waals surface area contributed by atoms with Gasteiger partial charge in [0.25, 0.3) is 0 Å². The molecule has 3 heterocycles. The van der Waals surface area contributed by atoms with Crippen LogP contribution in [0.5, 0.6) is 0 Å². The van der Waals surface area contributed by atoms with Crippen LogP contribution in [0.3, 0.4) is 0 Å². The molecule has 0 spiro atoms. The fraction of sp³-hybridized carbons (Fsp3) is 0.722. The summed E-state index contributed by atoms with van der Waals surface area (Å²) in [6, 6.07) is 1.83. The number of nitrogens with zero attached hydrogens (tertiary/aromatic N) is 4. The van der Waals surface area contributed by atoms with Crippen LogP contribution in [0, 0.1) is 11.8 Å². The van der Waals surface area contributed by atoms with Crippen LogP contribution in [0.25, 0.3) is 0 Å². The van der Waals surface area contributed by atoms with Crippen molar-refractivity contribution in [3.63, 3.8) is 0 Å². The van der Waals surface area contributed by atoms with Gasteiger partial charge >= 0.3 is 0 Å². The van der Waals surface area contributed by atoms with E-state index in [4.69, 9.17) is 0 Å². The Labute approximate surface area is 144 Å². The molecule has 3 rings (SSSR count). The summed E-state index contributed by atoms with van der Waals surface area (Å²) in [5.74, 6) is 1.91. The molecule has 6 nitrogen and oxygen atoms in total. The predicted molar refractivity (Wildman–Crippen MR) is 94.8 cm³/mol. The number of piperidine rings is 2. The van der Waals surface area contributed by atoms with Crippen LogP contribution in [0.4, 0.5) is 5.95 Å². The molecule has 0 saturated carbocycles. The van der Waals surface area contributed by atoms with Gasteiger partial charge in [0.15, 0.2) is 0 Å². The zero-order valence-electron chi connectivity index (χ0n) is 14.7. The largest absolute Gasteiger partial charge is 0.355 e. The highest BCUT2D eigenvalue weighted by atomic mass is 16.1. The second-order valence-electron chi connectivity index (χ2n) is 7.15. The number of hydrogen-bond donors (Lipinski definition) is 1. The first-order chi connectivity index (χ1) is 11.7. The zero-order valence-corrected chi connectivity index (χ0v) is 14.7. The average Bonchev–Trinajstić information content (AvgIpc) is 2.63. The first-order valence-corrected chi connectivity index (χ1v) is 9.24. The Morgan fingerprint density at radius 1 is 1.21 bits per heavy atom. The molecule has 2 fully saturated rings. The fourth-order valence-corrected chi connectivity index (χ4v) is 3.77. The highest BCUT2D eigenvalue weighted by Crippen LogP contribution is 2.20.